The highest BCUT2D eigenvalue weighted by molar-refractivity contribution is 5.97. The number of esters is 1. The van der Waals surface area contributed by atoms with Crippen molar-refractivity contribution in [3.8, 4) is 0 Å². The minimum atomic E-state index is -0.399. The molecule has 162 valence electrons. The third kappa shape index (κ3) is 5.39. The van der Waals surface area contributed by atoms with Crippen LogP contribution in [0.25, 0.3) is 11.0 Å². The fourth-order valence-corrected chi connectivity index (χ4v) is 3.00. The van der Waals surface area contributed by atoms with Crippen molar-refractivity contribution in [2.24, 2.45) is 0 Å². The van der Waals surface area contributed by atoms with Crippen LogP contribution in [0.15, 0.2) is 48.8 Å². The van der Waals surface area contributed by atoms with Gasteiger partial charge < -0.3 is 24.8 Å². The summed E-state index contributed by atoms with van der Waals surface area (Å²) in [5, 5.41) is 5.50. The van der Waals surface area contributed by atoms with E-state index in [-0.39, 0.29) is 11.9 Å². The number of imidazole rings is 1. The Morgan fingerprint density at radius 1 is 1.06 bits per heavy atom. The standard InChI is InChI=1S/C22H25N5O4/c1-4-31-21(29)15-5-8-17(9-6-15)25-22(30)23-11-12-27-14-24-18-13-16(7-10-19(18)27)20(28)26(2)3/h5-10,13-14H,4,11-12H2,1-3H3,(H2,23,25,30). The number of urea groups is 1. The molecule has 9 nitrogen and oxygen atoms in total. The number of benzene rings is 2. The van der Waals surface area contributed by atoms with Crippen molar-refractivity contribution in [3.05, 3.63) is 59.9 Å². The molecule has 0 saturated carbocycles. The number of anilines is 1. The average molecular weight is 423 g/mol. The Kier molecular flexibility index (Phi) is 6.86. The Morgan fingerprint density at radius 2 is 1.77 bits per heavy atom. The number of fused-ring (bicyclic) bond motifs is 1. The summed E-state index contributed by atoms with van der Waals surface area (Å²) >= 11 is 0. The van der Waals surface area contributed by atoms with Gasteiger partial charge in [-0.05, 0) is 49.4 Å². The van der Waals surface area contributed by atoms with Crippen LogP contribution in [0, 0.1) is 0 Å². The molecule has 0 aliphatic heterocycles. The van der Waals surface area contributed by atoms with Crippen LogP contribution in [-0.4, -0.2) is 59.6 Å². The minimum absolute atomic E-state index is 0.0786. The summed E-state index contributed by atoms with van der Waals surface area (Å²) in [6.07, 6.45) is 1.68. The number of amides is 3. The van der Waals surface area contributed by atoms with Gasteiger partial charge in [-0.15, -0.1) is 0 Å². The third-order valence-corrected chi connectivity index (χ3v) is 4.57. The lowest BCUT2D eigenvalue weighted by atomic mass is 10.2. The second-order valence-electron chi connectivity index (χ2n) is 7.02. The van der Waals surface area contributed by atoms with Gasteiger partial charge in [0.15, 0.2) is 0 Å². The minimum Gasteiger partial charge on any atom is -0.462 e. The molecule has 9 heteroatoms. The molecule has 2 aromatic carbocycles. The Balaban J connectivity index is 1.53. The topological polar surface area (TPSA) is 106 Å². The van der Waals surface area contributed by atoms with Crippen LogP contribution in [0.5, 0.6) is 0 Å². The number of carbonyl (C=O) groups excluding carboxylic acids is 3. The molecule has 3 aromatic rings. The first-order valence-corrected chi connectivity index (χ1v) is 9.87. The molecule has 2 N–H and O–H groups in total. The molecule has 0 fully saturated rings. The summed E-state index contributed by atoms with van der Waals surface area (Å²) < 4.78 is 6.84. The molecule has 0 bridgehead atoms. The van der Waals surface area contributed by atoms with Crippen molar-refractivity contribution < 1.29 is 19.1 Å². The fourth-order valence-electron chi connectivity index (χ4n) is 3.00. The lowest BCUT2D eigenvalue weighted by Crippen LogP contribution is -2.31. The lowest BCUT2D eigenvalue weighted by Gasteiger charge is -2.11. The maximum absolute atomic E-state index is 12.1. The van der Waals surface area contributed by atoms with Gasteiger partial charge in [0.1, 0.15) is 0 Å². The largest absolute Gasteiger partial charge is 0.462 e. The molecule has 0 unspecified atom stereocenters. The first kappa shape index (κ1) is 21.8. The van der Waals surface area contributed by atoms with Crippen molar-refractivity contribution in [2.45, 2.75) is 13.5 Å². The Hall–Kier alpha value is -3.88. The van der Waals surface area contributed by atoms with Gasteiger partial charge in [-0.2, -0.15) is 0 Å². The summed E-state index contributed by atoms with van der Waals surface area (Å²) in [5.41, 5.74) is 3.17. The molecule has 0 atom stereocenters. The van der Waals surface area contributed by atoms with Gasteiger partial charge in [0.25, 0.3) is 5.91 Å². The first-order chi connectivity index (χ1) is 14.9. The van der Waals surface area contributed by atoms with Crippen molar-refractivity contribution in [1.82, 2.24) is 19.8 Å². The highest BCUT2D eigenvalue weighted by atomic mass is 16.5. The fraction of sp³-hybridized carbons (Fsp3) is 0.273. The van der Waals surface area contributed by atoms with E-state index < -0.39 is 5.97 Å². The number of hydrogen-bond acceptors (Lipinski definition) is 5. The molecule has 31 heavy (non-hydrogen) atoms. The summed E-state index contributed by atoms with van der Waals surface area (Å²) in [5.74, 6) is -0.477. The molecular weight excluding hydrogens is 398 g/mol. The summed E-state index contributed by atoms with van der Waals surface area (Å²) in [6.45, 7) is 2.96. The van der Waals surface area contributed by atoms with Crippen molar-refractivity contribution >= 4 is 34.6 Å². The smallest absolute Gasteiger partial charge is 0.338 e. The monoisotopic (exact) mass is 423 g/mol. The lowest BCUT2D eigenvalue weighted by molar-refractivity contribution is 0.0526. The number of aromatic nitrogens is 2. The second-order valence-corrected chi connectivity index (χ2v) is 7.02. The van der Waals surface area contributed by atoms with E-state index in [4.69, 9.17) is 4.74 Å². The Bertz CT molecular complexity index is 1090. The zero-order chi connectivity index (χ0) is 22.4. The molecule has 3 rings (SSSR count). The maximum Gasteiger partial charge on any atom is 0.338 e. The van der Waals surface area contributed by atoms with Gasteiger partial charge in [0.2, 0.25) is 0 Å². The zero-order valence-electron chi connectivity index (χ0n) is 17.7. The molecule has 0 saturated heterocycles. The van der Waals surface area contributed by atoms with E-state index in [0.29, 0.717) is 36.5 Å². The Labute approximate surface area is 180 Å². The third-order valence-electron chi connectivity index (χ3n) is 4.57. The summed E-state index contributed by atoms with van der Waals surface area (Å²) in [6, 6.07) is 11.5. The number of nitrogens with zero attached hydrogens (tertiary/aromatic N) is 3. The van der Waals surface area contributed by atoms with Crippen LogP contribution >= 0.6 is 0 Å². The van der Waals surface area contributed by atoms with Gasteiger partial charge in [0.05, 0.1) is 29.5 Å². The molecule has 1 aromatic heterocycles. The van der Waals surface area contributed by atoms with Gasteiger partial charge in [-0.25, -0.2) is 14.6 Å². The average Bonchev–Trinajstić information content (AvgIpc) is 3.16. The number of carbonyl (C=O) groups is 3. The predicted octanol–water partition coefficient (Wildman–Crippen LogP) is 2.74. The van der Waals surface area contributed by atoms with Crippen molar-refractivity contribution in [1.29, 1.82) is 0 Å². The van der Waals surface area contributed by atoms with Gasteiger partial charge >= 0.3 is 12.0 Å². The highest BCUT2D eigenvalue weighted by Gasteiger charge is 2.11. The van der Waals surface area contributed by atoms with Crippen molar-refractivity contribution in [2.75, 3.05) is 32.6 Å². The molecular formula is C22H25N5O4. The van der Waals surface area contributed by atoms with E-state index in [1.54, 1.807) is 63.7 Å². The number of rotatable bonds is 7. The molecule has 3 amide bonds. The molecule has 0 aliphatic carbocycles. The number of nitrogens with one attached hydrogen (secondary N) is 2. The van der Waals surface area contributed by atoms with Gasteiger partial charge in [-0.3, -0.25) is 4.79 Å². The number of hydrogen-bond donors (Lipinski definition) is 2. The molecule has 1 heterocycles. The first-order valence-electron chi connectivity index (χ1n) is 9.87. The van der Waals surface area contributed by atoms with Gasteiger partial charge in [-0.1, -0.05) is 0 Å². The van der Waals surface area contributed by atoms with E-state index in [1.165, 1.54) is 4.90 Å². The second kappa shape index (κ2) is 9.75. The zero-order valence-corrected chi connectivity index (χ0v) is 17.7. The molecule has 0 spiro atoms. The molecule has 0 aliphatic rings. The van der Waals surface area contributed by atoms with Gasteiger partial charge in [0, 0.05) is 38.4 Å². The van der Waals surface area contributed by atoms with Crippen molar-refractivity contribution in [3.63, 3.8) is 0 Å². The normalized spacial score (nSPS) is 10.5. The Morgan fingerprint density at radius 3 is 2.45 bits per heavy atom. The SMILES string of the molecule is CCOC(=O)c1ccc(NC(=O)NCCn2cnc3cc(C(=O)N(C)C)ccc32)cc1. The predicted molar refractivity (Wildman–Crippen MR) is 117 cm³/mol. The van der Waals surface area contributed by atoms with E-state index in [9.17, 15) is 14.4 Å². The van der Waals surface area contributed by atoms with Crippen LogP contribution in [0.4, 0.5) is 10.5 Å². The highest BCUT2D eigenvalue weighted by Crippen LogP contribution is 2.16. The van der Waals surface area contributed by atoms with E-state index in [0.717, 1.165) is 11.0 Å². The van der Waals surface area contributed by atoms with Crippen LogP contribution in [-0.2, 0) is 11.3 Å². The van der Waals surface area contributed by atoms with Crippen LogP contribution in [0.1, 0.15) is 27.6 Å². The summed E-state index contributed by atoms with van der Waals surface area (Å²) in [4.78, 5) is 41.7. The van der Waals surface area contributed by atoms with E-state index in [1.807, 2.05) is 10.6 Å². The van der Waals surface area contributed by atoms with E-state index >= 15 is 0 Å². The van der Waals surface area contributed by atoms with Crippen LogP contribution in [0.2, 0.25) is 0 Å². The molecule has 0 radical (unpaired) electrons. The van der Waals surface area contributed by atoms with E-state index in [2.05, 4.69) is 15.6 Å². The quantitative estimate of drug-likeness (QED) is 0.569. The number of ether oxygens (including phenoxy) is 1. The summed E-state index contributed by atoms with van der Waals surface area (Å²) in [7, 11) is 3.41. The van der Waals surface area contributed by atoms with Crippen LogP contribution < -0.4 is 10.6 Å². The van der Waals surface area contributed by atoms with Crippen LogP contribution in [0.3, 0.4) is 0 Å². The maximum atomic E-state index is 12.1.